The van der Waals surface area contributed by atoms with Crippen molar-refractivity contribution in [2.45, 2.75) is 425 Å². The average molecular weight is 1410 g/mol. The van der Waals surface area contributed by atoms with Gasteiger partial charge in [-0.3, -0.25) is 37.3 Å². The van der Waals surface area contributed by atoms with Gasteiger partial charge in [-0.15, -0.1) is 0 Å². The molecule has 0 spiro atoms. The van der Waals surface area contributed by atoms with Gasteiger partial charge >= 0.3 is 39.5 Å². The van der Waals surface area contributed by atoms with Crippen molar-refractivity contribution in [1.82, 2.24) is 0 Å². The molecule has 96 heavy (non-hydrogen) atoms. The Bertz CT molecular complexity index is 1840. The maximum absolute atomic E-state index is 13.1. The molecule has 570 valence electrons. The summed E-state index contributed by atoms with van der Waals surface area (Å²) in [6, 6.07) is 0. The highest BCUT2D eigenvalue weighted by Crippen LogP contribution is 2.45. The molecule has 0 aromatic carbocycles. The van der Waals surface area contributed by atoms with E-state index in [1.54, 1.807) is 0 Å². The number of carbonyl (C=O) groups excluding carboxylic acids is 4. The number of ether oxygens (including phenoxy) is 4. The van der Waals surface area contributed by atoms with Gasteiger partial charge < -0.3 is 33.8 Å². The number of rotatable bonds is 77. The van der Waals surface area contributed by atoms with Gasteiger partial charge in [0, 0.05) is 25.7 Å². The first-order valence-corrected chi connectivity index (χ1v) is 43.2. The fourth-order valence-corrected chi connectivity index (χ4v) is 13.4. The van der Waals surface area contributed by atoms with Gasteiger partial charge in [-0.05, 0) is 31.6 Å². The number of aliphatic hydroxyl groups excluding tert-OH is 1. The van der Waals surface area contributed by atoms with Crippen molar-refractivity contribution in [1.29, 1.82) is 0 Å². The van der Waals surface area contributed by atoms with Crippen LogP contribution in [0.2, 0.25) is 0 Å². The van der Waals surface area contributed by atoms with Crippen LogP contribution in [0.3, 0.4) is 0 Å². The standard InChI is InChI=1S/C77H150O17P2/c1-6-10-13-16-19-21-23-25-27-28-29-30-31-32-33-35-37-43-48-53-58-63-77(82)94-73(67-88-75(80)61-56-51-46-41-39-38-40-45-49-54-59-70(5)9-4)69-92-96(85,86)90-65-71(78)64-89-95(83,84)91-68-72(66-87-74(79)60-55-50-44-18-15-12-8-3)93-76(81)62-57-52-47-42-36-34-26-24-22-20-17-14-11-7-2/h70-73,78H,6-69H2,1-5H3,(H,83,84)(H,85,86)/t70?,71-,72+,73+/m0/s1. The monoisotopic (exact) mass is 1410 g/mol. The van der Waals surface area contributed by atoms with Crippen molar-refractivity contribution in [3.63, 3.8) is 0 Å². The molecule has 0 rings (SSSR count). The number of phosphoric acid groups is 2. The normalized spacial score (nSPS) is 14.2. The summed E-state index contributed by atoms with van der Waals surface area (Å²) in [5, 5.41) is 10.6. The Labute approximate surface area is 588 Å². The van der Waals surface area contributed by atoms with Crippen molar-refractivity contribution in [3.05, 3.63) is 0 Å². The summed E-state index contributed by atoms with van der Waals surface area (Å²) >= 11 is 0. The first-order chi connectivity index (χ1) is 46.6. The highest BCUT2D eigenvalue weighted by molar-refractivity contribution is 7.47. The summed E-state index contributed by atoms with van der Waals surface area (Å²) in [4.78, 5) is 72.7. The molecule has 0 heterocycles. The van der Waals surface area contributed by atoms with Crippen LogP contribution < -0.4 is 0 Å². The van der Waals surface area contributed by atoms with Crippen LogP contribution in [0.5, 0.6) is 0 Å². The number of hydrogen-bond donors (Lipinski definition) is 3. The van der Waals surface area contributed by atoms with E-state index in [0.29, 0.717) is 25.7 Å². The average Bonchev–Trinajstić information content (AvgIpc) is 1.35. The van der Waals surface area contributed by atoms with Crippen molar-refractivity contribution in [2.75, 3.05) is 39.6 Å². The Hall–Kier alpha value is -1.94. The second kappa shape index (κ2) is 70.1. The molecule has 0 aromatic heterocycles. The molecule has 0 aromatic rings. The topological polar surface area (TPSA) is 237 Å². The molecule has 17 nitrogen and oxygen atoms in total. The fraction of sp³-hybridized carbons (Fsp3) is 0.948. The first kappa shape index (κ1) is 94.1. The summed E-state index contributed by atoms with van der Waals surface area (Å²) in [6.07, 6.45) is 59.8. The quantitative estimate of drug-likeness (QED) is 0.0222. The lowest BCUT2D eigenvalue weighted by Gasteiger charge is -2.21. The Kier molecular flexibility index (Phi) is 68.7. The molecule has 0 bridgehead atoms. The van der Waals surface area contributed by atoms with Crippen LogP contribution in [0, 0.1) is 5.92 Å². The molecule has 0 aliphatic heterocycles. The zero-order valence-corrected chi connectivity index (χ0v) is 64.3. The molecule has 3 N–H and O–H groups in total. The van der Waals surface area contributed by atoms with E-state index in [4.69, 9.17) is 37.0 Å². The largest absolute Gasteiger partial charge is 0.472 e. The first-order valence-electron chi connectivity index (χ1n) is 40.2. The molecule has 0 saturated heterocycles. The van der Waals surface area contributed by atoms with E-state index < -0.39 is 97.5 Å². The molecule has 0 amide bonds. The smallest absolute Gasteiger partial charge is 0.462 e. The number of hydrogen-bond acceptors (Lipinski definition) is 15. The van der Waals surface area contributed by atoms with Gasteiger partial charge in [-0.25, -0.2) is 9.13 Å². The van der Waals surface area contributed by atoms with Gasteiger partial charge in [-0.2, -0.15) is 0 Å². The number of aliphatic hydroxyl groups is 1. The van der Waals surface area contributed by atoms with Gasteiger partial charge in [0.05, 0.1) is 26.4 Å². The number of unbranched alkanes of at least 4 members (excludes halogenated alkanes) is 48. The molecule has 0 fully saturated rings. The lowest BCUT2D eigenvalue weighted by molar-refractivity contribution is -0.161. The Morgan fingerprint density at radius 2 is 0.500 bits per heavy atom. The summed E-state index contributed by atoms with van der Waals surface area (Å²) in [6.45, 7) is 7.29. The van der Waals surface area contributed by atoms with Crippen LogP contribution in [0.4, 0.5) is 0 Å². The maximum atomic E-state index is 13.1. The van der Waals surface area contributed by atoms with Crippen LogP contribution in [-0.4, -0.2) is 96.7 Å². The minimum atomic E-state index is -4.96. The Balaban J connectivity index is 5.17. The van der Waals surface area contributed by atoms with Crippen molar-refractivity contribution in [3.8, 4) is 0 Å². The highest BCUT2D eigenvalue weighted by atomic mass is 31.2. The van der Waals surface area contributed by atoms with Gasteiger partial charge in [0.25, 0.3) is 0 Å². The molecular weight excluding hydrogens is 1260 g/mol. The molecular formula is C77H150O17P2. The van der Waals surface area contributed by atoms with E-state index in [-0.39, 0.29) is 25.7 Å². The minimum absolute atomic E-state index is 0.108. The van der Waals surface area contributed by atoms with E-state index >= 15 is 0 Å². The van der Waals surface area contributed by atoms with E-state index in [9.17, 15) is 43.2 Å². The fourth-order valence-electron chi connectivity index (χ4n) is 11.8. The van der Waals surface area contributed by atoms with Gasteiger partial charge in [-0.1, -0.05) is 356 Å². The number of carbonyl (C=O) groups is 4. The zero-order valence-electron chi connectivity index (χ0n) is 62.5. The van der Waals surface area contributed by atoms with Crippen LogP contribution in [0.1, 0.15) is 407 Å². The van der Waals surface area contributed by atoms with Crippen molar-refractivity contribution < 1.29 is 80.2 Å². The molecule has 6 atom stereocenters. The van der Waals surface area contributed by atoms with E-state index in [1.165, 1.54) is 218 Å². The SMILES string of the molecule is CCCCCCCCCCCCCCCCCCCCCCCC(=O)O[C@H](COC(=O)CCCCCCCCCCCCC(C)CC)COP(=O)(O)OC[C@@H](O)COP(=O)(O)OC[C@@H](COC(=O)CCCCCCCCC)OC(=O)CCCCCCCCCCCCCCCC. The third-order valence-electron chi connectivity index (χ3n) is 18.4. The lowest BCUT2D eigenvalue weighted by atomic mass is 9.99. The third-order valence-corrected chi connectivity index (χ3v) is 20.3. The molecule has 0 radical (unpaired) electrons. The van der Waals surface area contributed by atoms with Crippen molar-refractivity contribution >= 4 is 39.5 Å². The predicted octanol–water partition coefficient (Wildman–Crippen LogP) is 22.9. The van der Waals surface area contributed by atoms with Crippen LogP contribution in [-0.2, 0) is 65.4 Å². The number of phosphoric ester groups is 2. The minimum Gasteiger partial charge on any atom is -0.462 e. The summed E-state index contributed by atoms with van der Waals surface area (Å²) in [5.74, 6) is -1.31. The van der Waals surface area contributed by atoms with Crippen LogP contribution in [0.15, 0.2) is 0 Å². The summed E-state index contributed by atoms with van der Waals surface area (Å²) < 4.78 is 68.5. The molecule has 0 aliphatic carbocycles. The van der Waals surface area contributed by atoms with Crippen LogP contribution in [0.25, 0.3) is 0 Å². The van der Waals surface area contributed by atoms with E-state index in [0.717, 1.165) is 109 Å². The zero-order chi connectivity index (χ0) is 70.5. The molecule has 19 heteroatoms. The Morgan fingerprint density at radius 1 is 0.292 bits per heavy atom. The highest BCUT2D eigenvalue weighted by Gasteiger charge is 2.30. The van der Waals surface area contributed by atoms with Crippen LogP contribution >= 0.6 is 15.6 Å². The van der Waals surface area contributed by atoms with E-state index in [2.05, 4.69) is 34.6 Å². The van der Waals surface area contributed by atoms with Gasteiger partial charge in [0.15, 0.2) is 12.2 Å². The molecule has 0 aliphatic rings. The van der Waals surface area contributed by atoms with Crippen molar-refractivity contribution in [2.24, 2.45) is 5.92 Å². The summed E-state index contributed by atoms with van der Waals surface area (Å²) in [7, 11) is -9.91. The lowest BCUT2D eigenvalue weighted by Crippen LogP contribution is -2.30. The van der Waals surface area contributed by atoms with Gasteiger partial charge in [0.1, 0.15) is 19.3 Å². The maximum Gasteiger partial charge on any atom is 0.472 e. The second-order valence-electron chi connectivity index (χ2n) is 28.0. The predicted molar refractivity (Wildman–Crippen MR) is 391 cm³/mol. The van der Waals surface area contributed by atoms with Gasteiger partial charge in [0.2, 0.25) is 0 Å². The van der Waals surface area contributed by atoms with E-state index in [1.807, 2.05) is 0 Å². The number of esters is 4. The summed E-state index contributed by atoms with van der Waals surface area (Å²) in [5.41, 5.74) is 0. The molecule has 0 saturated carbocycles. The third kappa shape index (κ3) is 69.2. The Morgan fingerprint density at radius 3 is 0.740 bits per heavy atom. The second-order valence-corrected chi connectivity index (χ2v) is 30.9. The molecule has 3 unspecified atom stereocenters.